The normalized spacial score (nSPS) is 16.1. The maximum Gasteiger partial charge on any atom is 0.266 e. The average Bonchev–Trinajstić information content (AvgIpc) is 3.27. The number of nitrogens with zero attached hydrogens (tertiary/aromatic N) is 2. The highest BCUT2D eigenvalue weighted by atomic mass is 32.2. The van der Waals surface area contributed by atoms with Crippen molar-refractivity contribution in [3.63, 3.8) is 0 Å². The first kappa shape index (κ1) is 20.6. The molecular weight excluding hydrogens is 398 g/mol. The largest absolute Gasteiger partial charge is 0.376 e. The van der Waals surface area contributed by atoms with Crippen LogP contribution in [0.3, 0.4) is 0 Å². The molecule has 1 amide bonds. The number of ether oxygens (including phenoxy) is 1. The minimum absolute atomic E-state index is 0.0922. The lowest BCUT2D eigenvalue weighted by molar-refractivity contribution is -0.119. The van der Waals surface area contributed by atoms with E-state index in [2.05, 4.69) is 5.32 Å². The van der Waals surface area contributed by atoms with Crippen LogP contribution in [0, 0.1) is 13.8 Å². The van der Waals surface area contributed by atoms with Gasteiger partial charge in [-0.25, -0.2) is 4.98 Å². The number of para-hydroxylation sites is 1. The van der Waals surface area contributed by atoms with Crippen molar-refractivity contribution in [3.05, 3.63) is 63.9 Å². The summed E-state index contributed by atoms with van der Waals surface area (Å²) in [5, 5.41) is 4.00. The van der Waals surface area contributed by atoms with Crippen LogP contribution in [0.2, 0.25) is 0 Å². The van der Waals surface area contributed by atoms with Crippen molar-refractivity contribution in [2.24, 2.45) is 0 Å². The van der Waals surface area contributed by atoms with Gasteiger partial charge in [-0.3, -0.25) is 14.2 Å². The first-order chi connectivity index (χ1) is 14.5. The molecule has 0 radical (unpaired) electrons. The fraction of sp³-hybridized carbons (Fsp3) is 0.348. The zero-order valence-electron chi connectivity index (χ0n) is 17.2. The van der Waals surface area contributed by atoms with E-state index in [1.54, 1.807) is 10.6 Å². The standard InChI is InChI=1S/C23H25N3O3S/c1-15-9-10-16(2)20(12-15)26-22(28)18-7-3-4-8-19(18)25-23(26)30-14-21(27)24-13-17-6-5-11-29-17/h3-4,7-10,12,17H,5-6,11,13-14H2,1-2H3,(H,24,27). The van der Waals surface area contributed by atoms with Crippen molar-refractivity contribution in [2.75, 3.05) is 18.9 Å². The fourth-order valence-electron chi connectivity index (χ4n) is 3.60. The summed E-state index contributed by atoms with van der Waals surface area (Å²) in [7, 11) is 0. The van der Waals surface area contributed by atoms with Crippen LogP contribution in [0.25, 0.3) is 16.6 Å². The maximum absolute atomic E-state index is 13.4. The molecule has 1 N–H and O–H groups in total. The quantitative estimate of drug-likeness (QED) is 0.486. The summed E-state index contributed by atoms with van der Waals surface area (Å²) >= 11 is 1.28. The van der Waals surface area contributed by atoms with Crippen molar-refractivity contribution >= 4 is 28.6 Å². The fourth-order valence-corrected chi connectivity index (χ4v) is 4.43. The molecule has 2 aromatic carbocycles. The van der Waals surface area contributed by atoms with Gasteiger partial charge in [-0.2, -0.15) is 0 Å². The number of aromatic nitrogens is 2. The molecule has 0 saturated carbocycles. The molecule has 1 unspecified atom stereocenters. The Bertz CT molecular complexity index is 1140. The van der Waals surface area contributed by atoms with E-state index in [0.717, 1.165) is 36.3 Å². The van der Waals surface area contributed by atoms with E-state index in [9.17, 15) is 9.59 Å². The van der Waals surface area contributed by atoms with Gasteiger partial charge in [-0.05, 0) is 56.0 Å². The second kappa shape index (κ2) is 9.02. The Labute approximate surface area is 179 Å². The molecule has 1 fully saturated rings. The third-order valence-electron chi connectivity index (χ3n) is 5.23. The predicted octanol–water partition coefficient (Wildman–Crippen LogP) is 3.39. The smallest absolute Gasteiger partial charge is 0.266 e. The van der Waals surface area contributed by atoms with Crippen molar-refractivity contribution in [3.8, 4) is 5.69 Å². The Kier molecular flexibility index (Phi) is 6.20. The molecule has 1 atom stereocenters. The van der Waals surface area contributed by atoms with Crippen molar-refractivity contribution in [2.45, 2.75) is 37.9 Å². The summed E-state index contributed by atoms with van der Waals surface area (Å²) in [5.74, 6) is 0.0907. The van der Waals surface area contributed by atoms with Crippen LogP contribution < -0.4 is 10.9 Å². The summed E-state index contributed by atoms with van der Waals surface area (Å²) in [6.45, 7) is 5.25. The number of hydrogen-bond donors (Lipinski definition) is 1. The second-order valence-electron chi connectivity index (χ2n) is 7.57. The number of carbonyl (C=O) groups is 1. The number of hydrogen-bond acceptors (Lipinski definition) is 5. The number of rotatable bonds is 6. The molecular formula is C23H25N3O3S. The minimum atomic E-state index is -0.128. The summed E-state index contributed by atoms with van der Waals surface area (Å²) in [4.78, 5) is 30.5. The van der Waals surface area contributed by atoms with Gasteiger partial charge in [0, 0.05) is 13.2 Å². The Morgan fingerprint density at radius 3 is 2.90 bits per heavy atom. The van der Waals surface area contributed by atoms with Crippen LogP contribution in [-0.2, 0) is 9.53 Å². The zero-order valence-corrected chi connectivity index (χ0v) is 18.0. The topological polar surface area (TPSA) is 73.2 Å². The number of nitrogens with one attached hydrogen (secondary N) is 1. The first-order valence-corrected chi connectivity index (χ1v) is 11.1. The van der Waals surface area contributed by atoms with E-state index in [0.29, 0.717) is 22.6 Å². The van der Waals surface area contributed by atoms with Gasteiger partial charge in [-0.1, -0.05) is 36.0 Å². The molecule has 156 valence electrons. The molecule has 1 aliphatic rings. The Morgan fingerprint density at radius 2 is 2.10 bits per heavy atom. The van der Waals surface area contributed by atoms with Crippen LogP contribution in [0.15, 0.2) is 52.4 Å². The van der Waals surface area contributed by atoms with Crippen LogP contribution in [-0.4, -0.2) is 40.5 Å². The van der Waals surface area contributed by atoms with E-state index in [1.165, 1.54) is 11.8 Å². The lowest BCUT2D eigenvalue weighted by atomic mass is 10.1. The van der Waals surface area contributed by atoms with E-state index in [-0.39, 0.29) is 23.3 Å². The predicted molar refractivity (Wildman–Crippen MR) is 120 cm³/mol. The number of benzene rings is 2. The molecule has 4 rings (SSSR count). The lowest BCUT2D eigenvalue weighted by Gasteiger charge is -2.16. The summed E-state index contributed by atoms with van der Waals surface area (Å²) in [6.07, 6.45) is 2.12. The van der Waals surface area contributed by atoms with Gasteiger partial charge in [0.25, 0.3) is 5.56 Å². The van der Waals surface area contributed by atoms with Gasteiger partial charge in [0.05, 0.1) is 28.4 Å². The van der Waals surface area contributed by atoms with Crippen LogP contribution in [0.4, 0.5) is 0 Å². The molecule has 6 nitrogen and oxygen atoms in total. The number of carbonyl (C=O) groups excluding carboxylic acids is 1. The van der Waals surface area contributed by atoms with Gasteiger partial charge in [-0.15, -0.1) is 0 Å². The summed E-state index contributed by atoms with van der Waals surface area (Å²) in [5.41, 5.74) is 3.33. The van der Waals surface area contributed by atoms with Gasteiger partial charge in [0.15, 0.2) is 5.16 Å². The number of aryl methyl sites for hydroxylation is 2. The Morgan fingerprint density at radius 1 is 1.27 bits per heavy atom. The van der Waals surface area contributed by atoms with Gasteiger partial charge in [0.1, 0.15) is 0 Å². The molecule has 0 spiro atoms. The third-order valence-corrected chi connectivity index (χ3v) is 6.17. The highest BCUT2D eigenvalue weighted by Crippen LogP contribution is 2.24. The van der Waals surface area contributed by atoms with Crippen LogP contribution >= 0.6 is 11.8 Å². The SMILES string of the molecule is Cc1ccc(C)c(-n2c(SCC(=O)NCC3CCCO3)nc3ccccc3c2=O)c1. The molecule has 1 aliphatic heterocycles. The van der Waals surface area contributed by atoms with E-state index in [1.807, 2.05) is 50.2 Å². The molecule has 3 aromatic rings. The maximum atomic E-state index is 13.4. The summed E-state index contributed by atoms with van der Waals surface area (Å²) < 4.78 is 7.18. The molecule has 7 heteroatoms. The van der Waals surface area contributed by atoms with E-state index < -0.39 is 0 Å². The second-order valence-corrected chi connectivity index (χ2v) is 8.51. The average molecular weight is 424 g/mol. The van der Waals surface area contributed by atoms with Gasteiger partial charge in [0.2, 0.25) is 5.91 Å². The van der Waals surface area contributed by atoms with Gasteiger partial charge >= 0.3 is 0 Å². The number of fused-ring (bicyclic) bond motifs is 1. The molecule has 2 heterocycles. The molecule has 0 bridgehead atoms. The third kappa shape index (κ3) is 4.42. The Balaban J connectivity index is 1.65. The zero-order chi connectivity index (χ0) is 21.1. The molecule has 1 saturated heterocycles. The van der Waals surface area contributed by atoms with Crippen molar-refractivity contribution < 1.29 is 9.53 Å². The van der Waals surface area contributed by atoms with Crippen molar-refractivity contribution in [1.29, 1.82) is 0 Å². The minimum Gasteiger partial charge on any atom is -0.376 e. The number of thioether (sulfide) groups is 1. The van der Waals surface area contributed by atoms with E-state index in [4.69, 9.17) is 9.72 Å². The molecule has 1 aromatic heterocycles. The summed E-state index contributed by atoms with van der Waals surface area (Å²) in [6, 6.07) is 13.3. The van der Waals surface area contributed by atoms with Gasteiger partial charge < -0.3 is 10.1 Å². The molecule has 30 heavy (non-hydrogen) atoms. The monoisotopic (exact) mass is 423 g/mol. The molecule has 0 aliphatic carbocycles. The highest BCUT2D eigenvalue weighted by Gasteiger charge is 2.18. The lowest BCUT2D eigenvalue weighted by Crippen LogP contribution is -2.33. The first-order valence-electron chi connectivity index (χ1n) is 10.1. The highest BCUT2D eigenvalue weighted by molar-refractivity contribution is 7.99. The van der Waals surface area contributed by atoms with E-state index >= 15 is 0 Å². The van der Waals surface area contributed by atoms with Crippen LogP contribution in [0.5, 0.6) is 0 Å². The van der Waals surface area contributed by atoms with Crippen molar-refractivity contribution in [1.82, 2.24) is 14.9 Å². The van der Waals surface area contributed by atoms with Crippen LogP contribution in [0.1, 0.15) is 24.0 Å². The number of amides is 1. The Hall–Kier alpha value is -2.64.